The summed E-state index contributed by atoms with van der Waals surface area (Å²) in [5.41, 5.74) is 2.72. The largest absolute Gasteiger partial charge is 0.481 e. The first-order valence-corrected chi connectivity index (χ1v) is 6.34. The fourth-order valence-electron chi connectivity index (χ4n) is 2.01. The number of thiophene rings is 1. The summed E-state index contributed by atoms with van der Waals surface area (Å²) in [5, 5.41) is 18.6. The molecule has 0 saturated carbocycles. The topological polar surface area (TPSA) is 47.3 Å². The van der Waals surface area contributed by atoms with Gasteiger partial charge < -0.3 is 9.84 Å². The standard InChI is InChI=1S/C12H16N2O2S/c1-8-11(12(16-3)14(2)13-8)10(15)6-9-4-5-17-7-9/h4-5,7,10,15H,6H2,1-3H3. The molecule has 1 unspecified atom stereocenters. The summed E-state index contributed by atoms with van der Waals surface area (Å²) < 4.78 is 6.93. The van der Waals surface area contributed by atoms with Crippen molar-refractivity contribution in [3.8, 4) is 5.88 Å². The van der Waals surface area contributed by atoms with E-state index >= 15 is 0 Å². The quantitative estimate of drug-likeness (QED) is 0.906. The van der Waals surface area contributed by atoms with Gasteiger partial charge in [-0.1, -0.05) is 0 Å². The van der Waals surface area contributed by atoms with Crippen molar-refractivity contribution in [2.24, 2.45) is 7.05 Å². The summed E-state index contributed by atoms with van der Waals surface area (Å²) in [5.74, 6) is 0.630. The van der Waals surface area contributed by atoms with Gasteiger partial charge in [-0.15, -0.1) is 0 Å². The van der Waals surface area contributed by atoms with Crippen LogP contribution in [0.15, 0.2) is 16.8 Å². The van der Waals surface area contributed by atoms with Crippen LogP contribution in [0.1, 0.15) is 22.9 Å². The van der Waals surface area contributed by atoms with E-state index in [1.807, 2.05) is 30.8 Å². The van der Waals surface area contributed by atoms with E-state index in [0.29, 0.717) is 12.3 Å². The predicted octanol–water partition coefficient (Wildman–Crippen LogP) is 2.07. The number of rotatable bonds is 4. The normalized spacial score (nSPS) is 12.7. The van der Waals surface area contributed by atoms with Gasteiger partial charge in [-0.3, -0.25) is 0 Å². The number of aromatic nitrogens is 2. The molecule has 1 N–H and O–H groups in total. The summed E-state index contributed by atoms with van der Waals surface area (Å²) in [4.78, 5) is 0. The van der Waals surface area contributed by atoms with Gasteiger partial charge in [-0.2, -0.15) is 16.4 Å². The molecule has 2 aromatic heterocycles. The lowest BCUT2D eigenvalue weighted by Crippen LogP contribution is -2.04. The molecule has 0 spiro atoms. The SMILES string of the molecule is COc1c(C(O)Cc2ccsc2)c(C)nn1C. The van der Waals surface area contributed by atoms with Crippen molar-refractivity contribution < 1.29 is 9.84 Å². The second-order valence-corrected chi connectivity index (χ2v) is 4.76. The predicted molar refractivity (Wildman–Crippen MR) is 67.5 cm³/mol. The highest BCUT2D eigenvalue weighted by molar-refractivity contribution is 7.07. The van der Waals surface area contributed by atoms with Crippen molar-refractivity contribution in [1.82, 2.24) is 9.78 Å². The number of aryl methyl sites for hydroxylation is 2. The Morgan fingerprint density at radius 3 is 2.94 bits per heavy atom. The molecule has 0 aliphatic carbocycles. The highest BCUT2D eigenvalue weighted by atomic mass is 32.1. The lowest BCUT2D eigenvalue weighted by atomic mass is 10.0. The van der Waals surface area contributed by atoms with E-state index in [2.05, 4.69) is 5.10 Å². The molecule has 0 aliphatic heterocycles. The van der Waals surface area contributed by atoms with E-state index in [-0.39, 0.29) is 0 Å². The van der Waals surface area contributed by atoms with E-state index in [9.17, 15) is 5.11 Å². The summed E-state index contributed by atoms with van der Waals surface area (Å²) in [6.45, 7) is 1.88. The Kier molecular flexibility index (Phi) is 3.49. The minimum atomic E-state index is -0.576. The third-order valence-electron chi connectivity index (χ3n) is 2.75. The molecule has 0 fully saturated rings. The summed E-state index contributed by atoms with van der Waals surface area (Å²) in [7, 11) is 3.41. The van der Waals surface area contributed by atoms with Gasteiger partial charge in [0.15, 0.2) is 0 Å². The summed E-state index contributed by atoms with van der Waals surface area (Å²) in [6.07, 6.45) is 0.0140. The maximum atomic E-state index is 10.3. The van der Waals surface area contributed by atoms with Crippen molar-refractivity contribution in [2.45, 2.75) is 19.4 Å². The number of ether oxygens (including phenoxy) is 1. The molecule has 1 atom stereocenters. The van der Waals surface area contributed by atoms with Gasteiger partial charge in [-0.25, -0.2) is 4.68 Å². The Morgan fingerprint density at radius 1 is 1.59 bits per heavy atom. The molecule has 4 nitrogen and oxygen atoms in total. The minimum absolute atomic E-state index is 0.576. The number of aliphatic hydroxyl groups excluding tert-OH is 1. The van der Waals surface area contributed by atoms with Crippen LogP contribution in [0.25, 0.3) is 0 Å². The first-order chi connectivity index (χ1) is 8.13. The Morgan fingerprint density at radius 2 is 2.35 bits per heavy atom. The van der Waals surface area contributed by atoms with Gasteiger partial charge in [0.25, 0.3) is 0 Å². The van der Waals surface area contributed by atoms with Gasteiger partial charge in [0.1, 0.15) is 0 Å². The Labute approximate surface area is 104 Å². The molecule has 0 aliphatic rings. The zero-order valence-corrected chi connectivity index (χ0v) is 11.0. The van der Waals surface area contributed by atoms with E-state index in [4.69, 9.17) is 4.74 Å². The Bertz CT molecular complexity index is 491. The third kappa shape index (κ3) is 2.35. The number of hydrogen-bond donors (Lipinski definition) is 1. The molecule has 0 saturated heterocycles. The smallest absolute Gasteiger partial charge is 0.217 e. The van der Waals surface area contributed by atoms with Crippen LogP contribution in [0.2, 0.25) is 0 Å². The van der Waals surface area contributed by atoms with E-state index < -0.39 is 6.10 Å². The summed E-state index contributed by atoms with van der Waals surface area (Å²) >= 11 is 1.63. The molecule has 5 heteroatoms. The summed E-state index contributed by atoms with van der Waals surface area (Å²) in [6, 6.07) is 2.02. The Balaban J connectivity index is 2.27. The number of methoxy groups -OCH3 is 1. The van der Waals surface area contributed by atoms with Crippen LogP contribution in [0.3, 0.4) is 0 Å². The highest BCUT2D eigenvalue weighted by Crippen LogP contribution is 2.30. The van der Waals surface area contributed by atoms with Crippen molar-refractivity contribution in [2.75, 3.05) is 7.11 Å². The van der Waals surface area contributed by atoms with Crippen LogP contribution in [0.4, 0.5) is 0 Å². The number of aliphatic hydroxyl groups is 1. The average molecular weight is 252 g/mol. The molecular formula is C12H16N2O2S. The minimum Gasteiger partial charge on any atom is -0.481 e. The molecule has 0 aromatic carbocycles. The lowest BCUT2D eigenvalue weighted by molar-refractivity contribution is 0.172. The van der Waals surface area contributed by atoms with Crippen molar-refractivity contribution in [1.29, 1.82) is 0 Å². The van der Waals surface area contributed by atoms with Crippen molar-refractivity contribution >= 4 is 11.3 Å². The van der Waals surface area contributed by atoms with Crippen LogP contribution in [-0.4, -0.2) is 22.0 Å². The van der Waals surface area contributed by atoms with Crippen LogP contribution in [0.5, 0.6) is 5.88 Å². The van der Waals surface area contributed by atoms with Crippen LogP contribution >= 0.6 is 11.3 Å². The van der Waals surface area contributed by atoms with Gasteiger partial charge >= 0.3 is 0 Å². The molecule has 92 valence electrons. The fourth-order valence-corrected chi connectivity index (χ4v) is 2.69. The highest BCUT2D eigenvalue weighted by Gasteiger charge is 2.21. The van der Waals surface area contributed by atoms with Crippen molar-refractivity contribution in [3.63, 3.8) is 0 Å². The van der Waals surface area contributed by atoms with Crippen molar-refractivity contribution in [3.05, 3.63) is 33.6 Å². The second-order valence-electron chi connectivity index (χ2n) is 3.98. The fraction of sp³-hybridized carbons (Fsp3) is 0.417. The van der Waals surface area contributed by atoms with Crippen LogP contribution < -0.4 is 4.74 Å². The zero-order valence-electron chi connectivity index (χ0n) is 10.2. The van der Waals surface area contributed by atoms with E-state index in [1.54, 1.807) is 23.1 Å². The zero-order chi connectivity index (χ0) is 12.4. The molecule has 2 aromatic rings. The monoisotopic (exact) mass is 252 g/mol. The number of nitrogens with zero attached hydrogens (tertiary/aromatic N) is 2. The van der Waals surface area contributed by atoms with E-state index in [0.717, 1.165) is 16.8 Å². The molecule has 17 heavy (non-hydrogen) atoms. The van der Waals surface area contributed by atoms with Gasteiger partial charge in [0.05, 0.1) is 24.5 Å². The number of hydrogen-bond acceptors (Lipinski definition) is 4. The second kappa shape index (κ2) is 4.89. The van der Waals surface area contributed by atoms with E-state index in [1.165, 1.54) is 0 Å². The van der Waals surface area contributed by atoms with Gasteiger partial charge in [-0.05, 0) is 29.3 Å². The molecule has 0 amide bonds. The molecular weight excluding hydrogens is 236 g/mol. The van der Waals surface area contributed by atoms with Gasteiger partial charge in [0.2, 0.25) is 5.88 Å². The first-order valence-electron chi connectivity index (χ1n) is 5.40. The van der Waals surface area contributed by atoms with Crippen LogP contribution in [-0.2, 0) is 13.5 Å². The maximum absolute atomic E-state index is 10.3. The Hall–Kier alpha value is -1.33. The maximum Gasteiger partial charge on any atom is 0.217 e. The molecule has 2 rings (SSSR count). The third-order valence-corrected chi connectivity index (χ3v) is 3.48. The average Bonchev–Trinajstić information content (AvgIpc) is 2.85. The molecule has 0 radical (unpaired) electrons. The lowest BCUT2D eigenvalue weighted by Gasteiger charge is -2.11. The first kappa shape index (κ1) is 12.1. The van der Waals surface area contributed by atoms with Gasteiger partial charge in [0, 0.05) is 13.5 Å². The molecule has 0 bridgehead atoms. The van der Waals surface area contributed by atoms with Crippen LogP contribution in [0, 0.1) is 6.92 Å². The molecule has 2 heterocycles.